The molecule has 1 unspecified atom stereocenters. The standard InChI is InChI=1S/C11H16OS/c1-3-10(7-9(2)12)8-11-5-4-6-13-11/h4-6,10H,3,7-8H2,1-2H3. The number of Topliss-reactive ketones (excluding diaryl/α,β-unsaturated/α-hetero) is 1. The molecule has 1 nitrogen and oxygen atoms in total. The molecular formula is C11H16OS. The highest BCUT2D eigenvalue weighted by Crippen LogP contribution is 2.19. The summed E-state index contributed by atoms with van der Waals surface area (Å²) in [5, 5.41) is 2.09. The number of carbonyl (C=O) groups is 1. The molecule has 0 bridgehead atoms. The van der Waals surface area contributed by atoms with Gasteiger partial charge in [-0.25, -0.2) is 0 Å². The van der Waals surface area contributed by atoms with Gasteiger partial charge in [0.05, 0.1) is 0 Å². The molecule has 1 aromatic heterocycles. The highest BCUT2D eigenvalue weighted by Gasteiger charge is 2.10. The zero-order chi connectivity index (χ0) is 9.68. The Morgan fingerprint density at radius 1 is 1.62 bits per heavy atom. The van der Waals surface area contributed by atoms with Crippen LogP contribution in [0.15, 0.2) is 17.5 Å². The van der Waals surface area contributed by atoms with Gasteiger partial charge in [0.15, 0.2) is 0 Å². The third-order valence-electron chi connectivity index (χ3n) is 2.22. The lowest BCUT2D eigenvalue weighted by Crippen LogP contribution is -2.07. The topological polar surface area (TPSA) is 17.1 Å². The average molecular weight is 196 g/mol. The van der Waals surface area contributed by atoms with E-state index >= 15 is 0 Å². The lowest BCUT2D eigenvalue weighted by molar-refractivity contribution is -0.117. The molecule has 1 aromatic rings. The second-order valence-corrected chi connectivity index (χ2v) is 4.50. The van der Waals surface area contributed by atoms with Crippen molar-refractivity contribution in [2.75, 3.05) is 0 Å². The molecule has 1 heterocycles. The quantitative estimate of drug-likeness (QED) is 0.706. The number of rotatable bonds is 5. The van der Waals surface area contributed by atoms with Gasteiger partial charge < -0.3 is 4.79 Å². The van der Waals surface area contributed by atoms with Crippen molar-refractivity contribution in [1.82, 2.24) is 0 Å². The van der Waals surface area contributed by atoms with Gasteiger partial charge in [-0.15, -0.1) is 11.3 Å². The first-order chi connectivity index (χ1) is 6.22. The largest absolute Gasteiger partial charge is 0.300 e. The minimum Gasteiger partial charge on any atom is -0.300 e. The lowest BCUT2D eigenvalue weighted by atomic mass is 9.96. The van der Waals surface area contributed by atoms with Gasteiger partial charge in [0, 0.05) is 11.3 Å². The summed E-state index contributed by atoms with van der Waals surface area (Å²) in [5.41, 5.74) is 0. The molecule has 0 aromatic carbocycles. The molecule has 0 aliphatic rings. The van der Waals surface area contributed by atoms with Crippen LogP contribution < -0.4 is 0 Å². The van der Waals surface area contributed by atoms with Gasteiger partial charge in [-0.1, -0.05) is 19.4 Å². The molecule has 72 valence electrons. The van der Waals surface area contributed by atoms with Crippen LogP contribution in [0.5, 0.6) is 0 Å². The highest BCUT2D eigenvalue weighted by atomic mass is 32.1. The maximum Gasteiger partial charge on any atom is 0.130 e. The maximum absolute atomic E-state index is 10.9. The van der Waals surface area contributed by atoms with Crippen LogP contribution in [0, 0.1) is 5.92 Å². The Bertz CT molecular complexity index is 251. The van der Waals surface area contributed by atoms with Crippen molar-refractivity contribution in [2.24, 2.45) is 5.92 Å². The predicted octanol–water partition coefficient (Wildman–Crippen LogP) is 3.30. The van der Waals surface area contributed by atoms with Crippen LogP contribution in [0.1, 0.15) is 31.6 Å². The molecule has 1 rings (SSSR count). The zero-order valence-corrected chi connectivity index (χ0v) is 9.06. The minimum atomic E-state index is 0.309. The van der Waals surface area contributed by atoms with Gasteiger partial charge in [-0.3, -0.25) is 0 Å². The molecule has 1 atom stereocenters. The summed E-state index contributed by atoms with van der Waals surface area (Å²) in [6.07, 6.45) is 2.89. The van der Waals surface area contributed by atoms with E-state index in [1.165, 1.54) is 4.88 Å². The normalized spacial score (nSPS) is 12.8. The Balaban J connectivity index is 2.45. The van der Waals surface area contributed by atoms with Crippen LogP contribution in [0.4, 0.5) is 0 Å². The monoisotopic (exact) mass is 196 g/mol. The fourth-order valence-corrected chi connectivity index (χ4v) is 2.30. The molecular weight excluding hydrogens is 180 g/mol. The first kappa shape index (κ1) is 10.5. The minimum absolute atomic E-state index is 0.309. The lowest BCUT2D eigenvalue weighted by Gasteiger charge is -2.10. The number of thiophene rings is 1. The van der Waals surface area contributed by atoms with Crippen LogP contribution in [0.25, 0.3) is 0 Å². The van der Waals surface area contributed by atoms with Crippen molar-refractivity contribution in [1.29, 1.82) is 0 Å². The van der Waals surface area contributed by atoms with Gasteiger partial charge in [-0.2, -0.15) is 0 Å². The van der Waals surface area contributed by atoms with E-state index in [2.05, 4.69) is 24.4 Å². The van der Waals surface area contributed by atoms with Crippen LogP contribution >= 0.6 is 11.3 Å². The fourth-order valence-electron chi connectivity index (χ4n) is 1.48. The van der Waals surface area contributed by atoms with E-state index in [0.717, 1.165) is 19.3 Å². The summed E-state index contributed by atoms with van der Waals surface area (Å²) in [4.78, 5) is 12.3. The molecule has 0 radical (unpaired) electrons. The van der Waals surface area contributed by atoms with Gasteiger partial charge in [-0.05, 0) is 30.7 Å². The first-order valence-electron chi connectivity index (χ1n) is 4.74. The molecule has 0 saturated heterocycles. The molecule has 0 N–H and O–H groups in total. The summed E-state index contributed by atoms with van der Waals surface area (Å²) in [5.74, 6) is 0.847. The van der Waals surface area contributed by atoms with Gasteiger partial charge in [0.25, 0.3) is 0 Å². The van der Waals surface area contributed by atoms with Gasteiger partial charge in [0.2, 0.25) is 0 Å². The number of hydrogen-bond donors (Lipinski definition) is 0. The third-order valence-corrected chi connectivity index (χ3v) is 3.12. The Morgan fingerprint density at radius 3 is 2.85 bits per heavy atom. The summed E-state index contributed by atoms with van der Waals surface area (Å²) in [6.45, 7) is 3.83. The van der Waals surface area contributed by atoms with Crippen molar-refractivity contribution in [3.63, 3.8) is 0 Å². The van der Waals surface area contributed by atoms with Crippen LogP contribution in [-0.2, 0) is 11.2 Å². The smallest absolute Gasteiger partial charge is 0.130 e. The fraction of sp³-hybridized carbons (Fsp3) is 0.545. The molecule has 13 heavy (non-hydrogen) atoms. The Labute approximate surface area is 83.8 Å². The average Bonchev–Trinajstić information content (AvgIpc) is 2.55. The highest BCUT2D eigenvalue weighted by molar-refractivity contribution is 7.09. The molecule has 0 aliphatic heterocycles. The van der Waals surface area contributed by atoms with E-state index in [9.17, 15) is 4.79 Å². The van der Waals surface area contributed by atoms with E-state index in [-0.39, 0.29) is 0 Å². The van der Waals surface area contributed by atoms with Gasteiger partial charge >= 0.3 is 0 Å². The van der Waals surface area contributed by atoms with E-state index < -0.39 is 0 Å². The Hall–Kier alpha value is -0.630. The first-order valence-corrected chi connectivity index (χ1v) is 5.62. The molecule has 2 heteroatoms. The van der Waals surface area contributed by atoms with Crippen molar-refractivity contribution >= 4 is 17.1 Å². The van der Waals surface area contributed by atoms with E-state index in [0.29, 0.717) is 11.7 Å². The SMILES string of the molecule is CCC(CC(C)=O)Cc1cccs1. The molecule has 0 saturated carbocycles. The molecule has 0 amide bonds. The number of carbonyl (C=O) groups excluding carboxylic acids is 1. The summed E-state index contributed by atoms with van der Waals surface area (Å²) < 4.78 is 0. The second kappa shape index (κ2) is 5.18. The predicted molar refractivity (Wildman–Crippen MR) is 57.1 cm³/mol. The molecule has 0 aliphatic carbocycles. The molecule has 0 spiro atoms. The van der Waals surface area contributed by atoms with E-state index in [4.69, 9.17) is 0 Å². The van der Waals surface area contributed by atoms with Crippen molar-refractivity contribution in [3.05, 3.63) is 22.4 Å². The number of ketones is 1. The number of hydrogen-bond acceptors (Lipinski definition) is 2. The van der Waals surface area contributed by atoms with Crippen molar-refractivity contribution in [2.45, 2.75) is 33.1 Å². The Morgan fingerprint density at radius 2 is 2.38 bits per heavy atom. The second-order valence-electron chi connectivity index (χ2n) is 3.46. The van der Waals surface area contributed by atoms with E-state index in [1.54, 1.807) is 18.3 Å². The molecule has 0 fully saturated rings. The summed E-state index contributed by atoms with van der Waals surface area (Å²) in [7, 11) is 0. The zero-order valence-electron chi connectivity index (χ0n) is 8.25. The maximum atomic E-state index is 10.9. The Kier molecular flexibility index (Phi) is 4.16. The van der Waals surface area contributed by atoms with E-state index in [1.807, 2.05) is 0 Å². The van der Waals surface area contributed by atoms with Crippen molar-refractivity contribution < 1.29 is 4.79 Å². The van der Waals surface area contributed by atoms with Crippen LogP contribution in [-0.4, -0.2) is 5.78 Å². The van der Waals surface area contributed by atoms with Crippen LogP contribution in [0.3, 0.4) is 0 Å². The third kappa shape index (κ3) is 3.73. The summed E-state index contributed by atoms with van der Waals surface area (Å²) >= 11 is 1.78. The summed E-state index contributed by atoms with van der Waals surface area (Å²) in [6, 6.07) is 4.22. The van der Waals surface area contributed by atoms with Crippen LogP contribution in [0.2, 0.25) is 0 Å². The van der Waals surface area contributed by atoms with Crippen molar-refractivity contribution in [3.8, 4) is 0 Å². The van der Waals surface area contributed by atoms with Gasteiger partial charge in [0.1, 0.15) is 5.78 Å².